The number of aromatic nitrogens is 1. The number of hydrogen-bond donors (Lipinski definition) is 1. The third-order valence-corrected chi connectivity index (χ3v) is 5.06. The Labute approximate surface area is 124 Å². The number of nitrogens with zero attached hydrogens (tertiary/aromatic N) is 3. The summed E-state index contributed by atoms with van der Waals surface area (Å²) in [6.45, 7) is 4.95. The Morgan fingerprint density at radius 3 is 2.84 bits per heavy atom. The molecule has 1 fully saturated rings. The second-order valence-corrected chi connectivity index (χ2v) is 6.42. The number of rotatable bonds is 3. The standard InChI is InChI=1S/C13H16BrN3OS/c14-11-9-15-13(12-10(11)1-8-19-12)17-4-2-16(3-5-17)6-7-18/h1,8-9,18H,2-7H2. The molecule has 2 aromatic heterocycles. The van der Waals surface area contributed by atoms with Gasteiger partial charge in [0.05, 0.1) is 11.3 Å². The first-order chi connectivity index (χ1) is 9.29. The van der Waals surface area contributed by atoms with E-state index in [0.29, 0.717) is 0 Å². The van der Waals surface area contributed by atoms with E-state index in [1.165, 1.54) is 10.1 Å². The van der Waals surface area contributed by atoms with Crippen molar-refractivity contribution in [3.05, 3.63) is 22.1 Å². The number of piperazine rings is 1. The number of anilines is 1. The molecule has 0 atom stereocenters. The summed E-state index contributed by atoms with van der Waals surface area (Å²) in [5.41, 5.74) is 0. The number of fused-ring (bicyclic) bond motifs is 1. The summed E-state index contributed by atoms with van der Waals surface area (Å²) in [5, 5.41) is 12.3. The molecule has 0 unspecified atom stereocenters. The van der Waals surface area contributed by atoms with Crippen LogP contribution in [0, 0.1) is 0 Å². The number of aliphatic hydroxyl groups excluding tert-OH is 1. The van der Waals surface area contributed by atoms with Gasteiger partial charge in [0.2, 0.25) is 0 Å². The monoisotopic (exact) mass is 341 g/mol. The molecule has 1 N–H and O–H groups in total. The van der Waals surface area contributed by atoms with Crippen molar-refractivity contribution in [1.29, 1.82) is 0 Å². The average Bonchev–Trinajstić information content (AvgIpc) is 2.91. The van der Waals surface area contributed by atoms with Gasteiger partial charge in [-0.1, -0.05) is 0 Å². The van der Waals surface area contributed by atoms with E-state index in [4.69, 9.17) is 5.11 Å². The van der Waals surface area contributed by atoms with Crippen molar-refractivity contribution in [3.8, 4) is 0 Å². The second kappa shape index (κ2) is 5.75. The maximum absolute atomic E-state index is 8.97. The number of thiophene rings is 1. The Balaban J connectivity index is 1.82. The highest BCUT2D eigenvalue weighted by Gasteiger charge is 2.20. The number of β-amino-alcohol motifs (C(OH)–C–C–N with tert-alkyl or cyclic N) is 1. The lowest BCUT2D eigenvalue weighted by Gasteiger charge is -2.35. The smallest absolute Gasteiger partial charge is 0.146 e. The van der Waals surface area contributed by atoms with Crippen molar-refractivity contribution >= 4 is 43.2 Å². The minimum Gasteiger partial charge on any atom is -0.395 e. The molecule has 3 rings (SSSR count). The molecule has 102 valence electrons. The zero-order valence-electron chi connectivity index (χ0n) is 10.5. The second-order valence-electron chi connectivity index (χ2n) is 4.65. The van der Waals surface area contributed by atoms with E-state index in [1.54, 1.807) is 11.3 Å². The maximum Gasteiger partial charge on any atom is 0.146 e. The van der Waals surface area contributed by atoms with Crippen molar-refractivity contribution in [2.24, 2.45) is 0 Å². The Kier molecular flexibility index (Phi) is 4.02. The summed E-state index contributed by atoms with van der Waals surface area (Å²) < 4.78 is 2.32. The number of pyridine rings is 1. The fraction of sp³-hybridized carbons (Fsp3) is 0.462. The quantitative estimate of drug-likeness (QED) is 0.928. The molecule has 0 aliphatic carbocycles. The highest BCUT2D eigenvalue weighted by molar-refractivity contribution is 9.10. The first-order valence-electron chi connectivity index (χ1n) is 6.39. The van der Waals surface area contributed by atoms with Crippen molar-refractivity contribution in [3.63, 3.8) is 0 Å². The van der Waals surface area contributed by atoms with Gasteiger partial charge in [-0.3, -0.25) is 4.90 Å². The predicted molar refractivity (Wildman–Crippen MR) is 83.1 cm³/mol. The lowest BCUT2D eigenvalue weighted by atomic mass is 10.2. The van der Waals surface area contributed by atoms with E-state index in [9.17, 15) is 0 Å². The fourth-order valence-corrected chi connectivity index (χ4v) is 3.96. The molecular formula is C13H16BrN3OS. The van der Waals surface area contributed by atoms with Crippen LogP contribution in [0.1, 0.15) is 0 Å². The lowest BCUT2D eigenvalue weighted by Crippen LogP contribution is -2.47. The highest BCUT2D eigenvalue weighted by Crippen LogP contribution is 2.34. The normalized spacial score (nSPS) is 17.3. The summed E-state index contributed by atoms with van der Waals surface area (Å²) >= 11 is 5.30. The van der Waals surface area contributed by atoms with E-state index in [1.807, 2.05) is 6.20 Å². The highest BCUT2D eigenvalue weighted by atomic mass is 79.9. The van der Waals surface area contributed by atoms with Crippen molar-refractivity contribution in [2.45, 2.75) is 0 Å². The van der Waals surface area contributed by atoms with E-state index in [0.717, 1.165) is 43.0 Å². The molecule has 1 aliphatic rings. The van der Waals surface area contributed by atoms with E-state index in [-0.39, 0.29) is 6.61 Å². The van der Waals surface area contributed by atoms with Crippen molar-refractivity contribution in [1.82, 2.24) is 9.88 Å². The summed E-state index contributed by atoms with van der Waals surface area (Å²) in [4.78, 5) is 9.23. The topological polar surface area (TPSA) is 39.6 Å². The van der Waals surface area contributed by atoms with Crippen LogP contribution in [0.25, 0.3) is 10.1 Å². The zero-order chi connectivity index (χ0) is 13.2. The molecule has 0 bridgehead atoms. The first-order valence-corrected chi connectivity index (χ1v) is 8.06. The number of halogens is 1. The van der Waals surface area contributed by atoms with Gasteiger partial charge in [0, 0.05) is 48.8 Å². The SMILES string of the molecule is OCCN1CCN(c2ncc(Br)c3ccsc23)CC1. The maximum atomic E-state index is 8.97. The molecular weight excluding hydrogens is 326 g/mol. The van der Waals surface area contributed by atoms with Crippen LogP contribution in [0.15, 0.2) is 22.1 Å². The van der Waals surface area contributed by atoms with Crippen LogP contribution in [0.5, 0.6) is 0 Å². The predicted octanol–water partition coefficient (Wildman–Crippen LogP) is 2.17. The molecule has 1 aliphatic heterocycles. The fourth-order valence-electron chi connectivity index (χ4n) is 2.47. The Bertz CT molecular complexity index is 566. The average molecular weight is 342 g/mol. The third kappa shape index (κ3) is 2.63. The molecule has 4 nitrogen and oxygen atoms in total. The molecule has 0 saturated carbocycles. The number of aliphatic hydroxyl groups is 1. The molecule has 1 saturated heterocycles. The van der Waals surface area contributed by atoms with E-state index < -0.39 is 0 Å². The summed E-state index contributed by atoms with van der Waals surface area (Å²) in [6.07, 6.45) is 1.89. The molecule has 6 heteroatoms. The molecule has 0 aromatic carbocycles. The first kappa shape index (κ1) is 13.3. The zero-order valence-corrected chi connectivity index (χ0v) is 13.0. The summed E-state index contributed by atoms with van der Waals surface area (Å²) in [6, 6.07) is 2.14. The lowest BCUT2D eigenvalue weighted by molar-refractivity contribution is 0.188. The Hall–Kier alpha value is -0.690. The van der Waals surface area contributed by atoms with Gasteiger partial charge in [-0.15, -0.1) is 11.3 Å². The van der Waals surface area contributed by atoms with E-state index in [2.05, 4.69) is 42.2 Å². The molecule has 3 heterocycles. The molecule has 2 aromatic rings. The molecule has 19 heavy (non-hydrogen) atoms. The van der Waals surface area contributed by atoms with Crippen LogP contribution in [0.3, 0.4) is 0 Å². The Morgan fingerprint density at radius 1 is 1.32 bits per heavy atom. The van der Waals surface area contributed by atoms with Gasteiger partial charge in [0.25, 0.3) is 0 Å². The molecule has 0 spiro atoms. The van der Waals surface area contributed by atoms with Crippen LogP contribution in [-0.4, -0.2) is 54.3 Å². The van der Waals surface area contributed by atoms with Gasteiger partial charge in [0.1, 0.15) is 5.82 Å². The van der Waals surface area contributed by atoms with Gasteiger partial charge in [-0.25, -0.2) is 4.98 Å². The van der Waals surface area contributed by atoms with Crippen LogP contribution in [0.4, 0.5) is 5.82 Å². The summed E-state index contributed by atoms with van der Waals surface area (Å²) in [7, 11) is 0. The van der Waals surface area contributed by atoms with Gasteiger partial charge < -0.3 is 10.0 Å². The minimum atomic E-state index is 0.242. The van der Waals surface area contributed by atoms with E-state index >= 15 is 0 Å². The van der Waals surface area contributed by atoms with Crippen molar-refractivity contribution < 1.29 is 5.11 Å². The summed E-state index contributed by atoms with van der Waals surface area (Å²) in [5.74, 6) is 1.09. The largest absolute Gasteiger partial charge is 0.395 e. The van der Waals surface area contributed by atoms with Crippen LogP contribution in [0.2, 0.25) is 0 Å². The van der Waals surface area contributed by atoms with Gasteiger partial charge >= 0.3 is 0 Å². The Morgan fingerprint density at radius 2 is 2.11 bits per heavy atom. The molecule has 0 amide bonds. The van der Waals surface area contributed by atoms with Crippen LogP contribution < -0.4 is 4.90 Å². The van der Waals surface area contributed by atoms with Crippen LogP contribution >= 0.6 is 27.3 Å². The minimum absolute atomic E-state index is 0.242. The van der Waals surface area contributed by atoms with Crippen LogP contribution in [-0.2, 0) is 0 Å². The van der Waals surface area contributed by atoms with Gasteiger partial charge in [0.15, 0.2) is 0 Å². The van der Waals surface area contributed by atoms with Gasteiger partial charge in [-0.2, -0.15) is 0 Å². The number of hydrogen-bond acceptors (Lipinski definition) is 5. The van der Waals surface area contributed by atoms with Crippen molar-refractivity contribution in [2.75, 3.05) is 44.2 Å². The molecule has 0 radical (unpaired) electrons. The third-order valence-electron chi connectivity index (χ3n) is 3.51. The van der Waals surface area contributed by atoms with Gasteiger partial charge in [-0.05, 0) is 27.4 Å².